The molecule has 0 saturated carbocycles. The fraction of sp³-hybridized carbons (Fsp3) is 0.500. The summed E-state index contributed by atoms with van der Waals surface area (Å²) in [5.74, 6) is 2.54. The van der Waals surface area contributed by atoms with Gasteiger partial charge in [0, 0.05) is 17.7 Å². The minimum Gasteiger partial charge on any atom is -0.326 e. The first-order valence-electron chi connectivity index (χ1n) is 8.62. The number of nitrogens with zero attached hydrogens (tertiary/aromatic N) is 2. The third-order valence-corrected chi connectivity index (χ3v) is 4.70. The third-order valence-electron chi connectivity index (χ3n) is 4.70. The first kappa shape index (κ1) is 16.6. The van der Waals surface area contributed by atoms with E-state index < -0.39 is 0 Å². The molecule has 1 aliphatic rings. The van der Waals surface area contributed by atoms with Crippen LogP contribution in [0.1, 0.15) is 32.0 Å². The van der Waals surface area contributed by atoms with Gasteiger partial charge >= 0.3 is 0 Å². The van der Waals surface area contributed by atoms with Gasteiger partial charge in [-0.2, -0.15) is 5.10 Å². The zero-order valence-electron chi connectivity index (χ0n) is 14.3. The van der Waals surface area contributed by atoms with Gasteiger partial charge in [-0.25, -0.2) is 4.98 Å². The SMILES string of the molecule is Cc1nc(-c2cccc(NC(=O)CC(C)C3CCNCC3)c2)n[nH]1. The van der Waals surface area contributed by atoms with Crippen LogP contribution in [0.25, 0.3) is 11.4 Å². The van der Waals surface area contributed by atoms with Crippen molar-refractivity contribution in [2.24, 2.45) is 11.8 Å². The van der Waals surface area contributed by atoms with Gasteiger partial charge in [0.15, 0.2) is 5.82 Å². The minimum absolute atomic E-state index is 0.0735. The first-order chi connectivity index (χ1) is 11.6. The predicted molar refractivity (Wildman–Crippen MR) is 94.6 cm³/mol. The van der Waals surface area contributed by atoms with Gasteiger partial charge < -0.3 is 10.6 Å². The van der Waals surface area contributed by atoms with Gasteiger partial charge in [-0.3, -0.25) is 9.89 Å². The molecule has 1 amide bonds. The fourth-order valence-corrected chi connectivity index (χ4v) is 3.29. The van der Waals surface area contributed by atoms with Crippen molar-refractivity contribution in [2.45, 2.75) is 33.1 Å². The number of aromatic amines is 1. The lowest BCUT2D eigenvalue weighted by molar-refractivity contribution is -0.117. The molecule has 2 heterocycles. The Balaban J connectivity index is 1.60. The molecule has 0 spiro atoms. The van der Waals surface area contributed by atoms with E-state index in [9.17, 15) is 4.79 Å². The molecule has 6 nitrogen and oxygen atoms in total. The van der Waals surface area contributed by atoms with Gasteiger partial charge in [-0.15, -0.1) is 0 Å². The number of hydrogen-bond donors (Lipinski definition) is 3. The summed E-state index contributed by atoms with van der Waals surface area (Å²) in [6, 6.07) is 7.66. The largest absolute Gasteiger partial charge is 0.326 e. The van der Waals surface area contributed by atoms with Crippen molar-refractivity contribution in [3.63, 3.8) is 0 Å². The highest BCUT2D eigenvalue weighted by Gasteiger charge is 2.22. The van der Waals surface area contributed by atoms with Gasteiger partial charge in [-0.05, 0) is 56.8 Å². The molecule has 3 rings (SSSR count). The molecular formula is C18H25N5O. The van der Waals surface area contributed by atoms with E-state index in [2.05, 4.69) is 32.7 Å². The number of aromatic nitrogens is 3. The Bertz CT molecular complexity index is 690. The Labute approximate surface area is 142 Å². The van der Waals surface area contributed by atoms with E-state index in [1.165, 1.54) is 0 Å². The number of benzene rings is 1. The van der Waals surface area contributed by atoms with Crippen LogP contribution in [0.15, 0.2) is 24.3 Å². The lowest BCUT2D eigenvalue weighted by Crippen LogP contribution is -2.32. The highest BCUT2D eigenvalue weighted by molar-refractivity contribution is 5.91. The topological polar surface area (TPSA) is 82.7 Å². The van der Waals surface area contributed by atoms with Crippen molar-refractivity contribution in [3.8, 4) is 11.4 Å². The molecule has 2 aromatic rings. The van der Waals surface area contributed by atoms with Crippen LogP contribution >= 0.6 is 0 Å². The molecular weight excluding hydrogens is 302 g/mol. The highest BCUT2D eigenvalue weighted by Crippen LogP contribution is 2.25. The van der Waals surface area contributed by atoms with Crippen LogP contribution in [0.2, 0.25) is 0 Å². The Kier molecular flexibility index (Phi) is 5.25. The summed E-state index contributed by atoms with van der Waals surface area (Å²) in [5, 5.41) is 13.4. The normalized spacial score (nSPS) is 16.8. The molecule has 1 aromatic carbocycles. The van der Waals surface area contributed by atoms with Crippen LogP contribution in [0.3, 0.4) is 0 Å². The number of amides is 1. The summed E-state index contributed by atoms with van der Waals surface area (Å²) < 4.78 is 0. The molecule has 128 valence electrons. The number of anilines is 1. The molecule has 6 heteroatoms. The lowest BCUT2D eigenvalue weighted by atomic mass is 9.84. The molecule has 0 radical (unpaired) electrons. The average molecular weight is 327 g/mol. The second-order valence-electron chi connectivity index (χ2n) is 6.64. The van der Waals surface area contributed by atoms with Crippen molar-refractivity contribution >= 4 is 11.6 Å². The van der Waals surface area contributed by atoms with E-state index in [-0.39, 0.29) is 5.91 Å². The van der Waals surface area contributed by atoms with Crippen LogP contribution in [0, 0.1) is 18.8 Å². The van der Waals surface area contributed by atoms with Gasteiger partial charge in [0.05, 0.1) is 0 Å². The molecule has 0 aliphatic carbocycles. The third kappa shape index (κ3) is 4.20. The second-order valence-corrected chi connectivity index (χ2v) is 6.64. The van der Waals surface area contributed by atoms with Gasteiger partial charge in [-0.1, -0.05) is 19.1 Å². The maximum Gasteiger partial charge on any atom is 0.224 e. The quantitative estimate of drug-likeness (QED) is 0.788. The predicted octanol–water partition coefficient (Wildman–Crippen LogP) is 2.74. The molecule has 0 bridgehead atoms. The van der Waals surface area contributed by atoms with Crippen LogP contribution < -0.4 is 10.6 Å². The van der Waals surface area contributed by atoms with E-state index >= 15 is 0 Å². The number of H-pyrrole nitrogens is 1. The summed E-state index contributed by atoms with van der Waals surface area (Å²) in [5.41, 5.74) is 1.68. The molecule has 1 aromatic heterocycles. The Morgan fingerprint density at radius 2 is 2.17 bits per heavy atom. The molecule has 24 heavy (non-hydrogen) atoms. The van der Waals surface area contributed by atoms with Crippen molar-refractivity contribution in [1.29, 1.82) is 0 Å². The molecule has 1 unspecified atom stereocenters. The van der Waals surface area contributed by atoms with E-state index in [4.69, 9.17) is 0 Å². The summed E-state index contributed by atoms with van der Waals surface area (Å²) in [6.07, 6.45) is 2.89. The lowest BCUT2D eigenvalue weighted by Gasteiger charge is -2.27. The summed E-state index contributed by atoms with van der Waals surface area (Å²) in [4.78, 5) is 16.7. The molecule has 3 N–H and O–H groups in total. The zero-order chi connectivity index (χ0) is 16.9. The number of carbonyl (C=O) groups is 1. The summed E-state index contributed by atoms with van der Waals surface area (Å²) >= 11 is 0. The average Bonchev–Trinajstić information content (AvgIpc) is 3.02. The van der Waals surface area contributed by atoms with E-state index in [1.54, 1.807) is 0 Å². The van der Waals surface area contributed by atoms with Gasteiger partial charge in [0.1, 0.15) is 5.82 Å². The maximum absolute atomic E-state index is 12.4. The fourth-order valence-electron chi connectivity index (χ4n) is 3.29. The number of carbonyl (C=O) groups excluding carboxylic acids is 1. The zero-order valence-corrected chi connectivity index (χ0v) is 14.3. The van der Waals surface area contributed by atoms with Crippen LogP contribution in [-0.4, -0.2) is 34.2 Å². The number of aryl methyl sites for hydroxylation is 1. The first-order valence-corrected chi connectivity index (χ1v) is 8.62. The smallest absolute Gasteiger partial charge is 0.224 e. The van der Waals surface area contributed by atoms with Crippen molar-refractivity contribution in [2.75, 3.05) is 18.4 Å². The van der Waals surface area contributed by atoms with E-state index in [0.717, 1.165) is 43.0 Å². The minimum atomic E-state index is 0.0735. The molecule has 1 aliphatic heterocycles. The Morgan fingerprint density at radius 3 is 2.88 bits per heavy atom. The maximum atomic E-state index is 12.4. The van der Waals surface area contributed by atoms with Crippen LogP contribution in [0.5, 0.6) is 0 Å². The number of nitrogens with one attached hydrogen (secondary N) is 3. The van der Waals surface area contributed by atoms with E-state index in [0.29, 0.717) is 24.1 Å². The number of piperidine rings is 1. The number of hydrogen-bond acceptors (Lipinski definition) is 4. The monoisotopic (exact) mass is 327 g/mol. The molecule has 1 atom stereocenters. The Hall–Kier alpha value is -2.21. The summed E-state index contributed by atoms with van der Waals surface area (Å²) in [7, 11) is 0. The van der Waals surface area contributed by atoms with Gasteiger partial charge in [0.25, 0.3) is 0 Å². The molecule has 1 saturated heterocycles. The van der Waals surface area contributed by atoms with Crippen molar-refractivity contribution < 1.29 is 4.79 Å². The van der Waals surface area contributed by atoms with Gasteiger partial charge in [0.2, 0.25) is 5.91 Å². The second kappa shape index (κ2) is 7.57. The molecule has 1 fully saturated rings. The van der Waals surface area contributed by atoms with E-state index in [1.807, 2.05) is 31.2 Å². The van der Waals surface area contributed by atoms with Crippen molar-refractivity contribution in [1.82, 2.24) is 20.5 Å². The Morgan fingerprint density at radius 1 is 1.38 bits per heavy atom. The summed E-state index contributed by atoms with van der Waals surface area (Å²) in [6.45, 7) is 6.18. The number of rotatable bonds is 5. The van der Waals surface area contributed by atoms with Crippen molar-refractivity contribution in [3.05, 3.63) is 30.1 Å². The standard InChI is InChI=1S/C18H25N5O/c1-12(14-6-8-19-9-7-14)10-17(24)21-16-5-3-4-15(11-16)18-20-13(2)22-23-18/h3-5,11-12,14,19H,6-10H2,1-2H3,(H,21,24)(H,20,22,23). The van der Waals surface area contributed by atoms with Crippen LogP contribution in [0.4, 0.5) is 5.69 Å². The highest BCUT2D eigenvalue weighted by atomic mass is 16.1. The van der Waals surface area contributed by atoms with Crippen LogP contribution in [-0.2, 0) is 4.79 Å².